The Hall–Kier alpha value is -2.41. The van der Waals surface area contributed by atoms with E-state index in [9.17, 15) is 4.79 Å². The summed E-state index contributed by atoms with van der Waals surface area (Å²) < 4.78 is 16.7. The number of ether oxygens (including phenoxy) is 3. The summed E-state index contributed by atoms with van der Waals surface area (Å²) in [6, 6.07) is 5.48. The molecular formula is C21H26N2O4S. The second-order valence-corrected chi connectivity index (χ2v) is 7.31. The topological polar surface area (TPSA) is 60.4 Å². The minimum absolute atomic E-state index is 0.316. The molecule has 7 heteroatoms. The molecule has 1 aromatic carbocycles. The smallest absolute Gasteiger partial charge is 0.338 e. The highest BCUT2D eigenvalue weighted by molar-refractivity contribution is 8.16. The Morgan fingerprint density at radius 1 is 1.29 bits per heavy atom. The van der Waals surface area contributed by atoms with Crippen molar-refractivity contribution >= 4 is 22.9 Å². The number of carbonyl (C=O) groups is 1. The zero-order valence-electron chi connectivity index (χ0n) is 16.7. The number of methoxy groups -OCH3 is 1. The molecule has 1 atom stereocenters. The third kappa shape index (κ3) is 4.04. The lowest BCUT2D eigenvalue weighted by Gasteiger charge is -2.33. The van der Waals surface area contributed by atoms with Crippen molar-refractivity contribution in [1.29, 1.82) is 0 Å². The fourth-order valence-corrected chi connectivity index (χ4v) is 3.99. The SMILES string of the molecule is CCCCOc1ccc([C@@H]2C(C(=O)OCC)=C(C)N=C3SC=CN32)cc1OC. The Balaban J connectivity index is 2.00. The molecule has 6 nitrogen and oxygen atoms in total. The van der Waals surface area contributed by atoms with Crippen LogP contribution in [0, 0.1) is 0 Å². The average molecular weight is 403 g/mol. The van der Waals surface area contributed by atoms with Gasteiger partial charge in [-0.25, -0.2) is 9.79 Å². The molecule has 0 N–H and O–H groups in total. The van der Waals surface area contributed by atoms with E-state index in [0.717, 1.165) is 23.6 Å². The van der Waals surface area contributed by atoms with Crippen LogP contribution in [0.25, 0.3) is 0 Å². The van der Waals surface area contributed by atoms with E-state index in [2.05, 4.69) is 11.9 Å². The number of carbonyl (C=O) groups excluding carboxylic acids is 1. The van der Waals surface area contributed by atoms with Crippen molar-refractivity contribution < 1.29 is 19.0 Å². The summed E-state index contributed by atoms with van der Waals surface area (Å²) in [5.74, 6) is 1.00. The molecule has 0 bridgehead atoms. The molecule has 0 radical (unpaired) electrons. The molecular weight excluding hydrogens is 376 g/mol. The maximum absolute atomic E-state index is 12.7. The number of unbranched alkanes of at least 4 members (excludes halogenated alkanes) is 1. The highest BCUT2D eigenvalue weighted by atomic mass is 32.2. The largest absolute Gasteiger partial charge is 0.493 e. The van der Waals surface area contributed by atoms with Crippen LogP contribution in [0.5, 0.6) is 11.5 Å². The van der Waals surface area contributed by atoms with Crippen molar-refractivity contribution in [2.75, 3.05) is 20.3 Å². The number of fused-ring (bicyclic) bond motifs is 1. The maximum atomic E-state index is 12.7. The number of amidine groups is 1. The Labute approximate surface area is 170 Å². The van der Waals surface area contributed by atoms with Crippen LogP contribution in [-0.4, -0.2) is 36.4 Å². The molecule has 0 saturated heterocycles. The number of benzene rings is 1. The van der Waals surface area contributed by atoms with Gasteiger partial charge in [0, 0.05) is 6.20 Å². The van der Waals surface area contributed by atoms with Crippen LogP contribution in [0.3, 0.4) is 0 Å². The average Bonchev–Trinajstić information content (AvgIpc) is 3.15. The standard InChI is InChI=1S/C21H26N2O4S/c1-5-7-11-27-16-9-8-15(13-17(16)25-4)19-18(20(24)26-6-2)14(3)22-21-23(19)10-12-28-21/h8-10,12-13,19H,5-7,11H2,1-4H3/t19-/m1/s1. The quantitative estimate of drug-likeness (QED) is 0.466. The van der Waals surface area contributed by atoms with Crippen LogP contribution >= 0.6 is 11.8 Å². The molecule has 0 fully saturated rings. The predicted molar refractivity (Wildman–Crippen MR) is 111 cm³/mol. The molecule has 2 heterocycles. The Morgan fingerprint density at radius 2 is 2.11 bits per heavy atom. The number of aliphatic imine (C=N–C) groups is 1. The van der Waals surface area contributed by atoms with Crippen molar-refractivity contribution in [3.8, 4) is 11.5 Å². The van der Waals surface area contributed by atoms with Crippen LogP contribution in [0.2, 0.25) is 0 Å². The molecule has 0 aromatic heterocycles. The van der Waals surface area contributed by atoms with Crippen LogP contribution in [0.4, 0.5) is 0 Å². The Morgan fingerprint density at radius 3 is 2.82 bits per heavy atom. The van der Waals surface area contributed by atoms with Gasteiger partial charge in [-0.1, -0.05) is 31.2 Å². The van der Waals surface area contributed by atoms with E-state index in [4.69, 9.17) is 14.2 Å². The monoisotopic (exact) mass is 402 g/mol. The summed E-state index contributed by atoms with van der Waals surface area (Å²) in [4.78, 5) is 19.3. The molecule has 2 aliphatic heterocycles. The van der Waals surface area contributed by atoms with Crippen molar-refractivity contribution in [1.82, 2.24) is 4.90 Å². The second kappa shape index (κ2) is 9.19. The summed E-state index contributed by atoms with van der Waals surface area (Å²) in [7, 11) is 1.62. The van der Waals surface area contributed by atoms with Crippen LogP contribution in [0.1, 0.15) is 45.2 Å². The van der Waals surface area contributed by atoms with Crippen LogP contribution in [0.15, 0.2) is 46.1 Å². The van der Waals surface area contributed by atoms with Crippen molar-refractivity contribution in [3.05, 3.63) is 46.6 Å². The number of esters is 1. The van der Waals surface area contributed by atoms with Gasteiger partial charge < -0.3 is 19.1 Å². The number of thioether (sulfide) groups is 1. The third-order valence-electron chi connectivity index (χ3n) is 4.57. The number of hydrogen-bond donors (Lipinski definition) is 0. The van der Waals surface area contributed by atoms with E-state index in [-0.39, 0.29) is 12.0 Å². The fraction of sp³-hybridized carbons (Fsp3) is 0.429. The van der Waals surface area contributed by atoms with E-state index in [1.807, 2.05) is 41.6 Å². The first-order valence-corrected chi connectivity index (χ1v) is 10.4. The molecule has 1 aromatic rings. The van der Waals surface area contributed by atoms with E-state index < -0.39 is 0 Å². The zero-order valence-corrected chi connectivity index (χ0v) is 17.5. The van der Waals surface area contributed by atoms with Gasteiger partial charge in [-0.3, -0.25) is 0 Å². The first-order chi connectivity index (χ1) is 13.6. The molecule has 2 aliphatic rings. The van der Waals surface area contributed by atoms with Gasteiger partial charge in [0.05, 0.1) is 37.6 Å². The molecule has 0 saturated carbocycles. The summed E-state index contributed by atoms with van der Waals surface area (Å²) >= 11 is 1.54. The van der Waals surface area contributed by atoms with Gasteiger partial charge in [0.25, 0.3) is 0 Å². The van der Waals surface area contributed by atoms with E-state index in [1.54, 1.807) is 14.0 Å². The molecule has 0 unspecified atom stereocenters. The highest BCUT2D eigenvalue weighted by Crippen LogP contribution is 2.43. The summed E-state index contributed by atoms with van der Waals surface area (Å²) in [5.41, 5.74) is 2.13. The Kier molecular flexibility index (Phi) is 6.67. The predicted octanol–water partition coefficient (Wildman–Crippen LogP) is 4.64. The molecule has 0 amide bonds. The van der Waals surface area contributed by atoms with Crippen molar-refractivity contribution in [2.24, 2.45) is 4.99 Å². The van der Waals surface area contributed by atoms with Crippen LogP contribution in [-0.2, 0) is 9.53 Å². The third-order valence-corrected chi connectivity index (χ3v) is 5.35. The molecule has 3 rings (SSSR count). The molecule has 28 heavy (non-hydrogen) atoms. The van der Waals surface area contributed by atoms with Crippen LogP contribution < -0.4 is 9.47 Å². The minimum Gasteiger partial charge on any atom is -0.493 e. The number of rotatable bonds is 8. The lowest BCUT2D eigenvalue weighted by molar-refractivity contribution is -0.139. The van der Waals surface area contributed by atoms with Gasteiger partial charge in [0.15, 0.2) is 16.7 Å². The number of nitrogens with zero attached hydrogens (tertiary/aromatic N) is 2. The van der Waals surface area contributed by atoms with Gasteiger partial charge in [-0.2, -0.15) is 0 Å². The van der Waals surface area contributed by atoms with Gasteiger partial charge in [-0.15, -0.1) is 0 Å². The maximum Gasteiger partial charge on any atom is 0.338 e. The zero-order chi connectivity index (χ0) is 20.1. The fourth-order valence-electron chi connectivity index (χ4n) is 3.20. The van der Waals surface area contributed by atoms with Crippen molar-refractivity contribution in [3.63, 3.8) is 0 Å². The lowest BCUT2D eigenvalue weighted by Crippen LogP contribution is -2.34. The molecule has 0 aliphatic carbocycles. The number of allylic oxidation sites excluding steroid dienone is 1. The van der Waals surface area contributed by atoms with Gasteiger partial charge >= 0.3 is 5.97 Å². The van der Waals surface area contributed by atoms with E-state index in [1.165, 1.54) is 11.8 Å². The summed E-state index contributed by atoms with van der Waals surface area (Å²) in [5, 5.41) is 2.81. The second-order valence-electron chi connectivity index (χ2n) is 6.44. The summed E-state index contributed by atoms with van der Waals surface area (Å²) in [6.45, 7) is 6.74. The molecule has 0 spiro atoms. The van der Waals surface area contributed by atoms with Gasteiger partial charge in [0.2, 0.25) is 0 Å². The summed E-state index contributed by atoms with van der Waals surface area (Å²) in [6.07, 6.45) is 3.99. The lowest BCUT2D eigenvalue weighted by atomic mass is 9.94. The van der Waals surface area contributed by atoms with Crippen molar-refractivity contribution in [2.45, 2.75) is 39.7 Å². The highest BCUT2D eigenvalue weighted by Gasteiger charge is 2.37. The van der Waals surface area contributed by atoms with E-state index >= 15 is 0 Å². The first kappa shape index (κ1) is 20.3. The van der Waals surface area contributed by atoms with Gasteiger partial charge in [0.1, 0.15) is 0 Å². The molecule has 150 valence electrons. The normalized spacial score (nSPS) is 18.1. The first-order valence-electron chi connectivity index (χ1n) is 9.49. The van der Waals surface area contributed by atoms with Gasteiger partial charge in [-0.05, 0) is 43.4 Å². The number of hydrogen-bond acceptors (Lipinski definition) is 7. The Bertz CT molecular complexity index is 832. The minimum atomic E-state index is -0.347. The van der Waals surface area contributed by atoms with E-state index in [0.29, 0.717) is 36.0 Å².